The number of hydrogen-bond acceptors (Lipinski definition) is 11. The standard InChI is InChI=1S/C55H79N13O9/c1-31(2)22-36(49(57)71)18-19-38(23-32(3)4)64-54(76)45(26-39-28-59-30-62-39)65-47(70)29-61-55(77)48(33(5)6)68-50(72)34(7)63-53(75)44(25-37-27-60-41-17-13-12-16-40(37)41)67-51(73)42(20-21-46(56)69)66-52(74)43(58-8)24-35-14-10-9-11-15-35/h9-19,27-28,30-34,36,38,42-45,48,58,60H,20-26,29H2,1-8H3,(H2,56,69)(H2,57,71)(H,59,62)(H,61,77)(H,63,75)(H,64,76)(H,65,70)(H,66,74)(H,67,73)(H,68,72)/b19-18+/t34-,36-,38+,42-,43+,44-,45-,48-/m0/s1. The van der Waals surface area contributed by atoms with Gasteiger partial charge in [0.25, 0.3) is 0 Å². The highest BCUT2D eigenvalue weighted by atomic mass is 16.2. The molecule has 2 aromatic heterocycles. The molecule has 0 saturated carbocycles. The molecular weight excluding hydrogens is 987 g/mol. The summed E-state index contributed by atoms with van der Waals surface area (Å²) in [7, 11) is 1.60. The molecule has 4 aromatic rings. The van der Waals surface area contributed by atoms with E-state index in [1.807, 2.05) is 82.3 Å². The molecule has 0 saturated heterocycles. The van der Waals surface area contributed by atoms with Gasteiger partial charge in [0.2, 0.25) is 53.2 Å². The third kappa shape index (κ3) is 20.6. The fraction of sp³-hybridized carbons (Fsp3) is 0.491. The molecule has 0 fully saturated rings. The number of imidazole rings is 1. The molecule has 2 aromatic carbocycles. The number of nitrogens with two attached hydrogens (primary N) is 2. The minimum absolute atomic E-state index is 0.0280. The topological polar surface area (TPSA) is 346 Å². The van der Waals surface area contributed by atoms with Gasteiger partial charge >= 0.3 is 0 Å². The fourth-order valence-corrected chi connectivity index (χ4v) is 8.59. The van der Waals surface area contributed by atoms with Crippen LogP contribution in [0.4, 0.5) is 0 Å². The second-order valence-electron chi connectivity index (χ2n) is 20.6. The zero-order valence-corrected chi connectivity index (χ0v) is 45.4. The molecule has 0 unspecified atom stereocenters. The molecule has 22 heteroatoms. The largest absolute Gasteiger partial charge is 0.370 e. The summed E-state index contributed by atoms with van der Waals surface area (Å²) < 4.78 is 0. The maximum atomic E-state index is 14.3. The van der Waals surface area contributed by atoms with Crippen LogP contribution in [0.5, 0.6) is 0 Å². The van der Waals surface area contributed by atoms with E-state index in [4.69, 9.17) is 11.5 Å². The maximum Gasteiger partial charge on any atom is 0.243 e. The summed E-state index contributed by atoms with van der Waals surface area (Å²) in [6.45, 7) is 12.1. The van der Waals surface area contributed by atoms with Gasteiger partial charge in [-0.1, -0.05) is 102 Å². The van der Waals surface area contributed by atoms with Crippen LogP contribution in [0.2, 0.25) is 0 Å². The van der Waals surface area contributed by atoms with Gasteiger partial charge in [-0.15, -0.1) is 0 Å². The van der Waals surface area contributed by atoms with E-state index < -0.39 is 114 Å². The molecular formula is C55H79N13O9. The first-order chi connectivity index (χ1) is 36.5. The number of nitrogens with zero attached hydrogens (tertiary/aromatic N) is 1. The summed E-state index contributed by atoms with van der Waals surface area (Å²) in [6, 6.07) is 9.13. The SMILES string of the molecule is CN[C@H](Cc1ccccc1)C(=O)N[C@@H](CCC(N)=O)C(=O)N[C@@H](Cc1c[nH]c2ccccc12)C(=O)N[C@@H](C)C(=O)N[C@H](C(=O)NCC(=O)N[C@@H](Cc1cnc[nH]1)C(=O)N[C@H](/C=C/[C@@H](CC(C)C)C(N)=O)CC(C)C)C(C)C. The van der Waals surface area contributed by atoms with Crippen molar-refractivity contribution in [3.8, 4) is 0 Å². The molecule has 0 aliphatic rings. The Hall–Kier alpha value is -7.88. The van der Waals surface area contributed by atoms with E-state index in [-0.39, 0.29) is 37.5 Å². The highest BCUT2D eigenvalue weighted by Crippen LogP contribution is 2.20. The Balaban J connectivity index is 1.46. The Morgan fingerprint density at radius 3 is 1.87 bits per heavy atom. The molecule has 4 rings (SSSR count). The van der Waals surface area contributed by atoms with Crippen molar-refractivity contribution >= 4 is 64.1 Å². The number of hydrogen-bond donors (Lipinski definition) is 12. The number of H-pyrrole nitrogens is 2. The number of rotatable bonds is 32. The van der Waals surface area contributed by atoms with Gasteiger partial charge in [-0.3, -0.25) is 43.2 Å². The smallest absolute Gasteiger partial charge is 0.243 e. The predicted octanol–water partition coefficient (Wildman–Crippen LogP) is 1.22. The van der Waals surface area contributed by atoms with Crippen molar-refractivity contribution in [2.45, 2.75) is 136 Å². The van der Waals surface area contributed by atoms with Crippen LogP contribution in [0.1, 0.15) is 91.0 Å². The lowest BCUT2D eigenvalue weighted by atomic mass is 9.94. The monoisotopic (exact) mass is 1070 g/mol. The van der Waals surface area contributed by atoms with Gasteiger partial charge in [0.1, 0.15) is 30.2 Å². The minimum atomic E-state index is -1.32. The lowest BCUT2D eigenvalue weighted by molar-refractivity contribution is -0.135. The molecule has 77 heavy (non-hydrogen) atoms. The molecule has 0 aliphatic carbocycles. The molecule has 0 aliphatic heterocycles. The van der Waals surface area contributed by atoms with E-state index in [1.54, 1.807) is 39.2 Å². The lowest BCUT2D eigenvalue weighted by Gasteiger charge is -2.27. The Labute approximate surface area is 450 Å². The normalized spacial score (nSPS) is 14.6. The van der Waals surface area contributed by atoms with Crippen molar-refractivity contribution in [3.63, 3.8) is 0 Å². The van der Waals surface area contributed by atoms with Crippen molar-refractivity contribution in [1.29, 1.82) is 0 Å². The van der Waals surface area contributed by atoms with Crippen molar-refractivity contribution in [1.82, 2.24) is 57.5 Å². The number of carbonyl (C=O) groups excluding carboxylic acids is 9. The number of primary amides is 2. The van der Waals surface area contributed by atoms with Gasteiger partial charge in [0, 0.05) is 54.3 Å². The molecule has 8 atom stereocenters. The number of amides is 9. The van der Waals surface area contributed by atoms with Crippen LogP contribution in [0, 0.1) is 23.7 Å². The van der Waals surface area contributed by atoms with Crippen LogP contribution in [-0.4, -0.2) is 124 Å². The first kappa shape index (κ1) is 61.7. The zero-order valence-electron chi connectivity index (χ0n) is 45.4. The van der Waals surface area contributed by atoms with Crippen LogP contribution >= 0.6 is 0 Å². The lowest BCUT2D eigenvalue weighted by Crippen LogP contribution is -2.59. The van der Waals surface area contributed by atoms with Crippen LogP contribution in [0.25, 0.3) is 10.9 Å². The molecule has 14 N–H and O–H groups in total. The first-order valence-corrected chi connectivity index (χ1v) is 26.1. The average Bonchev–Trinajstić information content (AvgIpc) is 4.05. The number of fused-ring (bicyclic) bond motifs is 1. The number of carbonyl (C=O) groups is 9. The third-order valence-corrected chi connectivity index (χ3v) is 12.8. The van der Waals surface area contributed by atoms with E-state index >= 15 is 0 Å². The molecule has 0 spiro atoms. The second-order valence-corrected chi connectivity index (χ2v) is 20.6. The Bertz CT molecular complexity index is 2630. The predicted molar refractivity (Wildman–Crippen MR) is 292 cm³/mol. The van der Waals surface area contributed by atoms with E-state index in [0.29, 0.717) is 30.5 Å². The van der Waals surface area contributed by atoms with Crippen LogP contribution < -0.4 is 54.0 Å². The summed E-state index contributed by atoms with van der Waals surface area (Å²) in [5.41, 5.74) is 14.0. The van der Waals surface area contributed by atoms with Crippen LogP contribution in [-0.2, 0) is 62.4 Å². The highest BCUT2D eigenvalue weighted by Gasteiger charge is 2.33. The summed E-state index contributed by atoms with van der Waals surface area (Å²) in [6.07, 6.45) is 9.00. The van der Waals surface area contributed by atoms with Crippen molar-refractivity contribution < 1.29 is 43.2 Å². The van der Waals surface area contributed by atoms with Gasteiger partial charge in [-0.2, -0.15) is 0 Å². The van der Waals surface area contributed by atoms with Crippen LogP contribution in [0.3, 0.4) is 0 Å². The number of aromatic amines is 2. The molecule has 22 nitrogen and oxygen atoms in total. The van der Waals surface area contributed by atoms with Crippen molar-refractivity contribution in [2.75, 3.05) is 13.6 Å². The minimum Gasteiger partial charge on any atom is -0.370 e. The third-order valence-electron chi connectivity index (χ3n) is 12.8. The molecule has 0 bridgehead atoms. The number of likely N-dealkylation sites (N-methyl/N-ethyl adjacent to an activating group) is 1. The van der Waals surface area contributed by atoms with E-state index in [9.17, 15) is 43.2 Å². The van der Waals surface area contributed by atoms with Crippen LogP contribution in [0.15, 0.2) is 85.5 Å². The number of nitrogens with one attached hydrogen (secondary N) is 10. The van der Waals surface area contributed by atoms with E-state index in [1.165, 1.54) is 19.4 Å². The van der Waals surface area contributed by atoms with Gasteiger partial charge in [0.05, 0.1) is 24.8 Å². The zero-order chi connectivity index (χ0) is 56.8. The Morgan fingerprint density at radius 2 is 1.25 bits per heavy atom. The highest BCUT2D eigenvalue weighted by molar-refractivity contribution is 5.97. The van der Waals surface area contributed by atoms with Crippen molar-refractivity contribution in [2.24, 2.45) is 35.1 Å². The van der Waals surface area contributed by atoms with Gasteiger partial charge < -0.3 is 64.0 Å². The molecule has 0 radical (unpaired) electrons. The number of para-hydroxylation sites is 1. The molecule has 2 heterocycles. The van der Waals surface area contributed by atoms with Gasteiger partial charge in [-0.05, 0) is 74.6 Å². The molecule has 9 amide bonds. The number of aromatic nitrogens is 3. The molecule has 418 valence electrons. The Morgan fingerprint density at radius 1 is 0.623 bits per heavy atom. The quantitative estimate of drug-likeness (QED) is 0.0309. The fourth-order valence-electron chi connectivity index (χ4n) is 8.59. The van der Waals surface area contributed by atoms with Gasteiger partial charge in [0.15, 0.2) is 0 Å². The van der Waals surface area contributed by atoms with Gasteiger partial charge in [-0.25, -0.2) is 4.98 Å². The Kier molecular flexibility index (Phi) is 24.5. The first-order valence-electron chi connectivity index (χ1n) is 26.1. The van der Waals surface area contributed by atoms with E-state index in [2.05, 4.69) is 57.5 Å². The second kappa shape index (κ2) is 30.6. The summed E-state index contributed by atoms with van der Waals surface area (Å²) >= 11 is 0. The number of benzene rings is 2. The summed E-state index contributed by atoms with van der Waals surface area (Å²) in [4.78, 5) is 131. The van der Waals surface area contributed by atoms with Crippen molar-refractivity contribution in [3.05, 3.63) is 102 Å². The maximum absolute atomic E-state index is 14.3. The average molecular weight is 1070 g/mol. The van der Waals surface area contributed by atoms with E-state index in [0.717, 1.165) is 16.5 Å². The summed E-state index contributed by atoms with van der Waals surface area (Å²) in [5, 5.41) is 22.7. The summed E-state index contributed by atoms with van der Waals surface area (Å²) in [5.74, 6) is -6.67.